The lowest BCUT2D eigenvalue weighted by Crippen LogP contribution is -2.12. The molecule has 0 aliphatic heterocycles. The number of pyridine rings is 1. The maximum atomic E-state index is 12.5. The number of nitrogens with one attached hydrogen (secondary N) is 1. The summed E-state index contributed by atoms with van der Waals surface area (Å²) in [5.74, 6) is 0.380. The summed E-state index contributed by atoms with van der Waals surface area (Å²) < 4.78 is 5.78. The van der Waals surface area contributed by atoms with Gasteiger partial charge in [-0.1, -0.05) is 6.07 Å². The van der Waals surface area contributed by atoms with Crippen molar-refractivity contribution in [3.8, 4) is 11.5 Å². The van der Waals surface area contributed by atoms with Crippen LogP contribution < -0.4 is 5.32 Å². The fourth-order valence-corrected chi connectivity index (χ4v) is 2.71. The molecule has 5 nitrogen and oxygen atoms in total. The van der Waals surface area contributed by atoms with Crippen molar-refractivity contribution in [1.29, 1.82) is 0 Å². The molecule has 4 aromatic rings. The fourth-order valence-electron chi connectivity index (χ4n) is 2.71. The van der Waals surface area contributed by atoms with Gasteiger partial charge in [-0.25, -0.2) is 4.98 Å². The van der Waals surface area contributed by atoms with Crippen LogP contribution in [0, 0.1) is 13.8 Å². The number of rotatable bonds is 3. The van der Waals surface area contributed by atoms with E-state index < -0.39 is 0 Å². The highest BCUT2D eigenvalue weighted by Gasteiger charge is 2.11. The summed E-state index contributed by atoms with van der Waals surface area (Å²) in [6, 6.07) is 14.8. The number of amides is 1. The predicted molar refractivity (Wildman–Crippen MR) is 101 cm³/mol. The molecular weight excluding hydrogens is 326 g/mol. The van der Waals surface area contributed by atoms with Gasteiger partial charge < -0.3 is 9.73 Å². The third kappa shape index (κ3) is 3.07. The van der Waals surface area contributed by atoms with E-state index in [0.717, 1.165) is 16.7 Å². The summed E-state index contributed by atoms with van der Waals surface area (Å²) in [5.41, 5.74) is 5.77. The Bertz CT molecular complexity index is 1100. The number of oxazole rings is 1. The lowest BCUT2D eigenvalue weighted by Gasteiger charge is -2.07. The maximum Gasteiger partial charge on any atom is 0.255 e. The van der Waals surface area contributed by atoms with Crippen molar-refractivity contribution in [2.75, 3.05) is 5.32 Å². The van der Waals surface area contributed by atoms with Crippen molar-refractivity contribution < 1.29 is 9.21 Å². The van der Waals surface area contributed by atoms with Crippen molar-refractivity contribution in [1.82, 2.24) is 9.97 Å². The molecular formula is C21H17N3O2. The Morgan fingerprint density at radius 1 is 0.962 bits per heavy atom. The van der Waals surface area contributed by atoms with E-state index in [1.165, 1.54) is 0 Å². The van der Waals surface area contributed by atoms with Gasteiger partial charge in [0.25, 0.3) is 5.91 Å². The van der Waals surface area contributed by atoms with Crippen molar-refractivity contribution >= 4 is 22.7 Å². The molecule has 2 heterocycles. The summed E-state index contributed by atoms with van der Waals surface area (Å²) >= 11 is 0. The zero-order chi connectivity index (χ0) is 18.1. The second kappa shape index (κ2) is 6.44. The highest BCUT2D eigenvalue weighted by atomic mass is 16.3. The van der Waals surface area contributed by atoms with Crippen LogP contribution >= 0.6 is 0 Å². The van der Waals surface area contributed by atoms with E-state index in [0.29, 0.717) is 28.2 Å². The quantitative estimate of drug-likeness (QED) is 0.582. The molecule has 0 unspecified atom stereocenters. The molecule has 4 rings (SSSR count). The van der Waals surface area contributed by atoms with Crippen LogP contribution in [0.1, 0.15) is 21.5 Å². The Hall–Kier alpha value is -3.47. The summed E-state index contributed by atoms with van der Waals surface area (Å²) in [7, 11) is 0. The first kappa shape index (κ1) is 16.0. The van der Waals surface area contributed by atoms with Gasteiger partial charge in [0, 0.05) is 29.2 Å². The van der Waals surface area contributed by atoms with E-state index >= 15 is 0 Å². The molecule has 128 valence electrons. The summed E-state index contributed by atoms with van der Waals surface area (Å²) in [6.45, 7) is 4.02. The molecule has 0 saturated heterocycles. The van der Waals surface area contributed by atoms with E-state index in [-0.39, 0.29) is 5.91 Å². The van der Waals surface area contributed by atoms with Gasteiger partial charge in [0.1, 0.15) is 5.52 Å². The topological polar surface area (TPSA) is 68.0 Å². The second-order valence-electron chi connectivity index (χ2n) is 6.19. The lowest BCUT2D eigenvalue weighted by molar-refractivity contribution is 0.102. The summed E-state index contributed by atoms with van der Waals surface area (Å²) in [4.78, 5) is 21.0. The first-order valence-electron chi connectivity index (χ1n) is 8.30. The molecule has 0 atom stereocenters. The zero-order valence-corrected chi connectivity index (χ0v) is 14.5. The molecule has 26 heavy (non-hydrogen) atoms. The molecule has 0 saturated carbocycles. The molecule has 1 N–H and O–H groups in total. The van der Waals surface area contributed by atoms with Crippen molar-refractivity contribution in [2.24, 2.45) is 0 Å². The molecule has 1 amide bonds. The maximum absolute atomic E-state index is 12.5. The number of anilines is 1. The largest absolute Gasteiger partial charge is 0.436 e. The van der Waals surface area contributed by atoms with Gasteiger partial charge in [-0.2, -0.15) is 0 Å². The summed E-state index contributed by atoms with van der Waals surface area (Å²) in [5, 5.41) is 2.92. The highest BCUT2D eigenvalue weighted by Crippen LogP contribution is 2.26. The number of carbonyl (C=O) groups excluding carboxylic acids is 1. The Morgan fingerprint density at radius 3 is 2.54 bits per heavy atom. The molecule has 0 fully saturated rings. The Morgan fingerprint density at radius 2 is 1.77 bits per heavy atom. The predicted octanol–water partition coefficient (Wildman–Crippen LogP) is 4.76. The standard InChI is InChI=1S/C21H17N3O2/c1-13-3-4-16(11-14(13)2)20(25)23-17-5-6-19-18(12-17)24-21(26-19)15-7-9-22-10-8-15/h3-12H,1-2H3,(H,23,25). The molecule has 0 aliphatic carbocycles. The average Bonchev–Trinajstić information content (AvgIpc) is 3.08. The number of carbonyl (C=O) groups is 1. The van der Waals surface area contributed by atoms with Gasteiger partial charge in [0.05, 0.1) is 0 Å². The van der Waals surface area contributed by atoms with E-state index in [9.17, 15) is 4.79 Å². The third-order valence-corrected chi connectivity index (χ3v) is 4.34. The van der Waals surface area contributed by atoms with Crippen LogP contribution in [0.3, 0.4) is 0 Å². The molecule has 2 aromatic heterocycles. The van der Waals surface area contributed by atoms with Crippen LogP contribution in [0.15, 0.2) is 65.3 Å². The molecule has 0 aliphatic rings. The van der Waals surface area contributed by atoms with Crippen LogP contribution in [-0.2, 0) is 0 Å². The molecule has 0 radical (unpaired) electrons. The number of nitrogens with zero attached hydrogens (tertiary/aromatic N) is 2. The van der Waals surface area contributed by atoms with Crippen LogP contribution in [-0.4, -0.2) is 15.9 Å². The smallest absolute Gasteiger partial charge is 0.255 e. The molecule has 2 aromatic carbocycles. The number of aryl methyl sites for hydroxylation is 2. The van der Waals surface area contributed by atoms with E-state index in [4.69, 9.17) is 4.42 Å². The van der Waals surface area contributed by atoms with Crippen molar-refractivity contribution in [3.05, 3.63) is 77.6 Å². The molecule has 5 heteroatoms. The normalized spacial score (nSPS) is 10.8. The van der Waals surface area contributed by atoms with Crippen LogP contribution in [0.25, 0.3) is 22.6 Å². The van der Waals surface area contributed by atoms with Gasteiger partial charge in [0.2, 0.25) is 5.89 Å². The Labute approximate surface area is 150 Å². The van der Waals surface area contributed by atoms with Crippen LogP contribution in [0.4, 0.5) is 5.69 Å². The first-order valence-corrected chi connectivity index (χ1v) is 8.30. The van der Waals surface area contributed by atoms with Crippen LogP contribution in [0.2, 0.25) is 0 Å². The highest BCUT2D eigenvalue weighted by molar-refractivity contribution is 6.05. The number of hydrogen-bond donors (Lipinski definition) is 1. The monoisotopic (exact) mass is 343 g/mol. The third-order valence-electron chi connectivity index (χ3n) is 4.34. The SMILES string of the molecule is Cc1ccc(C(=O)Nc2ccc3oc(-c4ccncc4)nc3c2)cc1C. The number of aromatic nitrogens is 2. The van der Waals surface area contributed by atoms with E-state index in [1.54, 1.807) is 12.4 Å². The van der Waals surface area contributed by atoms with E-state index in [1.807, 2.05) is 62.4 Å². The van der Waals surface area contributed by atoms with Gasteiger partial charge in [-0.15, -0.1) is 0 Å². The second-order valence-corrected chi connectivity index (χ2v) is 6.19. The number of benzene rings is 2. The Kier molecular flexibility index (Phi) is 3.97. The summed E-state index contributed by atoms with van der Waals surface area (Å²) in [6.07, 6.45) is 3.39. The lowest BCUT2D eigenvalue weighted by atomic mass is 10.1. The minimum absolute atomic E-state index is 0.148. The molecule has 0 bridgehead atoms. The van der Waals surface area contributed by atoms with Gasteiger partial charge in [0.15, 0.2) is 5.58 Å². The van der Waals surface area contributed by atoms with Crippen molar-refractivity contribution in [2.45, 2.75) is 13.8 Å². The number of hydrogen-bond acceptors (Lipinski definition) is 4. The first-order chi connectivity index (χ1) is 12.6. The minimum atomic E-state index is -0.148. The van der Waals surface area contributed by atoms with Crippen LogP contribution in [0.5, 0.6) is 0 Å². The van der Waals surface area contributed by atoms with Gasteiger partial charge in [-0.3, -0.25) is 9.78 Å². The van der Waals surface area contributed by atoms with Gasteiger partial charge in [-0.05, 0) is 67.4 Å². The average molecular weight is 343 g/mol. The number of fused-ring (bicyclic) bond motifs is 1. The minimum Gasteiger partial charge on any atom is -0.436 e. The van der Waals surface area contributed by atoms with Crippen molar-refractivity contribution in [3.63, 3.8) is 0 Å². The van der Waals surface area contributed by atoms with Gasteiger partial charge >= 0.3 is 0 Å². The Balaban J connectivity index is 1.61. The zero-order valence-electron chi connectivity index (χ0n) is 14.5. The molecule has 0 spiro atoms. The fraction of sp³-hybridized carbons (Fsp3) is 0.0952. The van der Waals surface area contributed by atoms with E-state index in [2.05, 4.69) is 15.3 Å².